The highest BCUT2D eigenvalue weighted by Crippen LogP contribution is 2.21. The second-order valence-corrected chi connectivity index (χ2v) is 6.55. The molecule has 1 N–H and O–H groups in total. The number of rotatable bonds is 7. The highest BCUT2D eigenvalue weighted by Gasteiger charge is 2.33. The van der Waals surface area contributed by atoms with Crippen molar-refractivity contribution in [1.82, 2.24) is 10.2 Å². The molecule has 0 fully saturated rings. The van der Waals surface area contributed by atoms with E-state index in [0.717, 1.165) is 19.4 Å². The minimum Gasteiger partial charge on any atom is -0.312 e. The molecule has 0 aromatic rings. The van der Waals surface area contributed by atoms with Crippen LogP contribution in [0.2, 0.25) is 0 Å². The largest absolute Gasteiger partial charge is 0.401 e. The van der Waals surface area contributed by atoms with Gasteiger partial charge in [0.25, 0.3) is 0 Å². The van der Waals surface area contributed by atoms with Crippen LogP contribution in [0.25, 0.3) is 0 Å². The second-order valence-electron chi connectivity index (χ2n) is 6.55. The first-order chi connectivity index (χ1) is 8.42. The quantitative estimate of drug-likeness (QED) is 0.714. The Morgan fingerprint density at radius 2 is 1.58 bits per heavy atom. The van der Waals surface area contributed by atoms with Crippen LogP contribution in [-0.4, -0.2) is 41.8 Å². The monoisotopic (exact) mass is 282 g/mol. The van der Waals surface area contributed by atoms with Gasteiger partial charge in [-0.2, -0.15) is 13.2 Å². The molecular weight excluding hydrogens is 253 g/mol. The van der Waals surface area contributed by atoms with Crippen molar-refractivity contribution < 1.29 is 13.2 Å². The fourth-order valence-electron chi connectivity index (χ4n) is 2.08. The zero-order chi connectivity index (χ0) is 15.3. The number of hydrogen-bond donors (Lipinski definition) is 1. The Balaban J connectivity index is 4.16. The predicted molar refractivity (Wildman–Crippen MR) is 74.3 cm³/mol. The fourth-order valence-corrected chi connectivity index (χ4v) is 2.08. The minimum atomic E-state index is -4.12. The van der Waals surface area contributed by atoms with Crippen LogP contribution in [0.15, 0.2) is 0 Å². The summed E-state index contributed by atoms with van der Waals surface area (Å²) >= 11 is 0. The van der Waals surface area contributed by atoms with Crippen molar-refractivity contribution in [3.8, 4) is 0 Å². The van der Waals surface area contributed by atoms with Crippen molar-refractivity contribution in [3.63, 3.8) is 0 Å². The molecule has 0 amide bonds. The highest BCUT2D eigenvalue weighted by atomic mass is 19.4. The topological polar surface area (TPSA) is 15.3 Å². The molecule has 1 unspecified atom stereocenters. The molecule has 0 saturated carbocycles. The molecule has 0 radical (unpaired) electrons. The summed E-state index contributed by atoms with van der Waals surface area (Å²) in [6.45, 7) is 11.8. The van der Waals surface area contributed by atoms with Gasteiger partial charge in [-0.25, -0.2) is 0 Å². The normalized spacial score (nSPS) is 15.3. The standard InChI is InChI=1S/C14H29F3N2/c1-11(2)19(10-14(15,16)17)12(3)8-7-9-18-13(4,5)6/h11-12,18H,7-10H2,1-6H3. The van der Waals surface area contributed by atoms with Crippen LogP contribution in [0, 0.1) is 0 Å². The number of nitrogens with zero attached hydrogens (tertiary/aromatic N) is 1. The third kappa shape index (κ3) is 10.2. The molecule has 19 heavy (non-hydrogen) atoms. The SMILES string of the molecule is CC(C)N(CC(F)(F)F)C(C)CCCNC(C)(C)C. The maximum atomic E-state index is 12.5. The highest BCUT2D eigenvalue weighted by molar-refractivity contribution is 4.75. The molecule has 116 valence electrons. The van der Waals surface area contributed by atoms with Crippen LogP contribution in [-0.2, 0) is 0 Å². The van der Waals surface area contributed by atoms with E-state index in [1.54, 1.807) is 0 Å². The van der Waals surface area contributed by atoms with Crippen LogP contribution in [0.4, 0.5) is 13.2 Å². The maximum Gasteiger partial charge on any atom is 0.401 e. The number of alkyl halides is 3. The lowest BCUT2D eigenvalue weighted by Crippen LogP contribution is -2.45. The lowest BCUT2D eigenvalue weighted by molar-refractivity contribution is -0.154. The van der Waals surface area contributed by atoms with Crippen molar-refractivity contribution in [2.75, 3.05) is 13.1 Å². The summed E-state index contributed by atoms with van der Waals surface area (Å²) < 4.78 is 37.6. The summed E-state index contributed by atoms with van der Waals surface area (Å²) in [5.74, 6) is 0. The molecule has 2 nitrogen and oxygen atoms in total. The van der Waals surface area contributed by atoms with Crippen molar-refractivity contribution in [1.29, 1.82) is 0 Å². The minimum absolute atomic E-state index is 0.0524. The molecule has 5 heteroatoms. The van der Waals surface area contributed by atoms with E-state index in [1.807, 2.05) is 20.8 Å². The summed E-state index contributed by atoms with van der Waals surface area (Å²) in [5, 5.41) is 3.35. The Bertz CT molecular complexity index is 244. The van der Waals surface area contributed by atoms with E-state index in [1.165, 1.54) is 4.90 Å². The molecular formula is C14H29F3N2. The third-order valence-corrected chi connectivity index (χ3v) is 3.05. The van der Waals surface area contributed by atoms with Gasteiger partial charge >= 0.3 is 6.18 Å². The lowest BCUT2D eigenvalue weighted by atomic mass is 10.1. The molecule has 0 spiro atoms. The number of hydrogen-bond acceptors (Lipinski definition) is 2. The molecule has 0 bridgehead atoms. The first-order valence-electron chi connectivity index (χ1n) is 7.00. The van der Waals surface area contributed by atoms with Crippen molar-refractivity contribution >= 4 is 0 Å². The zero-order valence-corrected chi connectivity index (χ0v) is 13.1. The van der Waals surface area contributed by atoms with Gasteiger partial charge in [-0.1, -0.05) is 0 Å². The van der Waals surface area contributed by atoms with Crippen LogP contribution in [0.3, 0.4) is 0 Å². The van der Waals surface area contributed by atoms with Gasteiger partial charge < -0.3 is 5.32 Å². The van der Waals surface area contributed by atoms with Gasteiger partial charge in [0, 0.05) is 17.6 Å². The Morgan fingerprint density at radius 3 is 1.95 bits per heavy atom. The van der Waals surface area contributed by atoms with Gasteiger partial charge in [0.15, 0.2) is 0 Å². The molecule has 0 aliphatic heterocycles. The Labute approximate surface area is 115 Å². The second kappa shape index (κ2) is 7.48. The van der Waals surface area contributed by atoms with Gasteiger partial charge in [-0.05, 0) is 60.9 Å². The van der Waals surface area contributed by atoms with E-state index in [-0.39, 0.29) is 17.6 Å². The van der Waals surface area contributed by atoms with E-state index >= 15 is 0 Å². The number of halogens is 3. The molecule has 0 aliphatic rings. The maximum absolute atomic E-state index is 12.5. The fraction of sp³-hybridized carbons (Fsp3) is 1.00. The lowest BCUT2D eigenvalue weighted by Gasteiger charge is -2.33. The van der Waals surface area contributed by atoms with Crippen LogP contribution in [0.1, 0.15) is 54.4 Å². The summed E-state index contributed by atoms with van der Waals surface area (Å²) in [6, 6.07) is -0.143. The Morgan fingerprint density at radius 1 is 1.05 bits per heavy atom. The molecule has 0 aromatic heterocycles. The van der Waals surface area contributed by atoms with Crippen LogP contribution < -0.4 is 5.32 Å². The zero-order valence-electron chi connectivity index (χ0n) is 13.1. The van der Waals surface area contributed by atoms with E-state index in [9.17, 15) is 13.2 Å². The summed E-state index contributed by atoms with van der Waals surface area (Å²) in [4.78, 5) is 1.52. The smallest absolute Gasteiger partial charge is 0.312 e. The van der Waals surface area contributed by atoms with Crippen molar-refractivity contribution in [2.24, 2.45) is 0 Å². The van der Waals surface area contributed by atoms with Crippen LogP contribution in [0.5, 0.6) is 0 Å². The summed E-state index contributed by atoms with van der Waals surface area (Å²) in [7, 11) is 0. The Hall–Kier alpha value is -0.290. The van der Waals surface area contributed by atoms with E-state index in [2.05, 4.69) is 26.1 Å². The Kier molecular flexibility index (Phi) is 7.37. The third-order valence-electron chi connectivity index (χ3n) is 3.05. The summed E-state index contributed by atoms with van der Waals surface area (Å²) in [6.07, 6.45) is -2.46. The number of nitrogens with one attached hydrogen (secondary N) is 1. The summed E-state index contributed by atoms with van der Waals surface area (Å²) in [5.41, 5.74) is 0.0624. The first kappa shape index (κ1) is 18.7. The first-order valence-corrected chi connectivity index (χ1v) is 7.00. The molecule has 1 atom stereocenters. The van der Waals surface area contributed by atoms with Crippen LogP contribution >= 0.6 is 0 Å². The predicted octanol–water partition coefficient (Wildman–Crippen LogP) is 3.82. The van der Waals surface area contributed by atoms with Crippen molar-refractivity contribution in [2.45, 2.75) is 78.2 Å². The van der Waals surface area contributed by atoms with Gasteiger partial charge in [0.1, 0.15) is 0 Å². The molecule has 0 heterocycles. The van der Waals surface area contributed by atoms with E-state index in [0.29, 0.717) is 0 Å². The molecule has 0 aliphatic carbocycles. The van der Waals surface area contributed by atoms with Gasteiger partial charge in [0.05, 0.1) is 6.54 Å². The van der Waals surface area contributed by atoms with E-state index in [4.69, 9.17) is 0 Å². The van der Waals surface area contributed by atoms with Gasteiger partial charge in [-0.15, -0.1) is 0 Å². The van der Waals surface area contributed by atoms with E-state index < -0.39 is 12.7 Å². The van der Waals surface area contributed by atoms with Crippen molar-refractivity contribution in [3.05, 3.63) is 0 Å². The molecule has 0 rings (SSSR count). The average Bonchev–Trinajstić information content (AvgIpc) is 2.17. The molecule has 0 saturated heterocycles. The average molecular weight is 282 g/mol. The van der Waals surface area contributed by atoms with Gasteiger partial charge in [-0.3, -0.25) is 4.90 Å². The molecule has 0 aromatic carbocycles. The van der Waals surface area contributed by atoms with Gasteiger partial charge in [0.2, 0.25) is 0 Å².